The fraction of sp³-hybridized carbons (Fsp3) is 1.00. The molecule has 0 aromatic carbocycles. The predicted octanol–water partition coefficient (Wildman–Crippen LogP) is 1.000. The second-order valence-corrected chi connectivity index (χ2v) is 3.41. The normalized spacial score (nSPS) is 18.0. The molecule has 4 heteroatoms. The molecule has 0 aliphatic carbocycles. The quantitative estimate of drug-likeness (QED) is 0.369. The minimum Gasteiger partial charge on any atom is -0.379 e. The van der Waals surface area contributed by atoms with Crippen molar-refractivity contribution in [3.05, 3.63) is 0 Å². The van der Waals surface area contributed by atoms with Crippen LogP contribution in [0.3, 0.4) is 0 Å². The summed E-state index contributed by atoms with van der Waals surface area (Å²) in [7, 11) is 1.54. The third kappa shape index (κ3) is 4.31. The van der Waals surface area contributed by atoms with Crippen LogP contribution in [-0.2, 0) is 9.62 Å². The predicted molar refractivity (Wildman–Crippen MR) is 40.0 cm³/mol. The molecule has 0 bridgehead atoms. The molecular weight excluding hydrogens is 148 g/mol. The van der Waals surface area contributed by atoms with Gasteiger partial charge in [0.05, 0.1) is 5.60 Å². The Hall–Kier alpha value is -0.160. The average Bonchev–Trinajstić information content (AvgIpc) is 1.86. The Morgan fingerprint density at radius 2 is 1.73 bits per heavy atom. The molecule has 2 N–H and O–H groups in total. The van der Waals surface area contributed by atoms with Crippen LogP contribution in [0.25, 0.3) is 0 Å². The summed E-state index contributed by atoms with van der Waals surface area (Å²) >= 11 is 0. The maximum atomic E-state index is 9.24. The number of ether oxygens (including phenoxy) is 1. The SMILES string of the molecule is COC(C)(C)CC(C)(O)OO. The Labute approximate surface area is 66.7 Å². The fourth-order valence-electron chi connectivity index (χ4n) is 0.894. The van der Waals surface area contributed by atoms with E-state index in [1.807, 2.05) is 0 Å². The molecular formula is C7H16O4. The number of hydrogen-bond donors (Lipinski definition) is 2. The molecule has 0 aliphatic heterocycles. The average molecular weight is 164 g/mol. The highest BCUT2D eigenvalue weighted by molar-refractivity contribution is 4.75. The van der Waals surface area contributed by atoms with Gasteiger partial charge in [-0.25, -0.2) is 10.1 Å². The lowest BCUT2D eigenvalue weighted by molar-refractivity contribution is -0.394. The Morgan fingerprint density at radius 1 is 1.27 bits per heavy atom. The van der Waals surface area contributed by atoms with E-state index in [0.29, 0.717) is 0 Å². The summed E-state index contributed by atoms with van der Waals surface area (Å²) in [5, 5.41) is 17.5. The van der Waals surface area contributed by atoms with E-state index in [1.165, 1.54) is 14.0 Å². The summed E-state index contributed by atoms with van der Waals surface area (Å²) in [5.74, 6) is -1.54. The van der Waals surface area contributed by atoms with E-state index >= 15 is 0 Å². The largest absolute Gasteiger partial charge is 0.379 e. The van der Waals surface area contributed by atoms with Gasteiger partial charge in [0.25, 0.3) is 0 Å². The minimum atomic E-state index is -1.54. The molecule has 1 atom stereocenters. The van der Waals surface area contributed by atoms with Crippen LogP contribution in [0.15, 0.2) is 0 Å². The molecule has 0 aliphatic rings. The second-order valence-electron chi connectivity index (χ2n) is 3.41. The molecule has 0 radical (unpaired) electrons. The lowest BCUT2D eigenvalue weighted by Gasteiger charge is -2.29. The van der Waals surface area contributed by atoms with Gasteiger partial charge in [-0.1, -0.05) is 0 Å². The van der Waals surface area contributed by atoms with E-state index in [2.05, 4.69) is 4.89 Å². The van der Waals surface area contributed by atoms with Gasteiger partial charge in [0.15, 0.2) is 5.79 Å². The van der Waals surface area contributed by atoms with Crippen molar-refractivity contribution in [3.63, 3.8) is 0 Å². The summed E-state index contributed by atoms with van der Waals surface area (Å²) in [6, 6.07) is 0. The minimum absolute atomic E-state index is 0.201. The van der Waals surface area contributed by atoms with Gasteiger partial charge in [-0.3, -0.25) is 0 Å². The summed E-state index contributed by atoms with van der Waals surface area (Å²) in [5.41, 5.74) is -0.508. The van der Waals surface area contributed by atoms with Crippen molar-refractivity contribution in [2.24, 2.45) is 0 Å². The molecule has 0 saturated carbocycles. The zero-order chi connectivity index (χ0) is 9.12. The number of hydrogen-bond acceptors (Lipinski definition) is 4. The van der Waals surface area contributed by atoms with Crippen LogP contribution >= 0.6 is 0 Å². The van der Waals surface area contributed by atoms with Gasteiger partial charge in [-0.2, -0.15) is 0 Å². The van der Waals surface area contributed by atoms with Gasteiger partial charge in [0.2, 0.25) is 0 Å². The zero-order valence-corrected chi connectivity index (χ0v) is 7.42. The first-order valence-corrected chi connectivity index (χ1v) is 3.43. The molecule has 4 nitrogen and oxygen atoms in total. The first-order valence-electron chi connectivity index (χ1n) is 3.43. The molecule has 1 unspecified atom stereocenters. The van der Waals surface area contributed by atoms with Gasteiger partial charge in [0.1, 0.15) is 0 Å². The molecule has 0 spiro atoms. The van der Waals surface area contributed by atoms with Crippen LogP contribution < -0.4 is 0 Å². The van der Waals surface area contributed by atoms with E-state index < -0.39 is 11.4 Å². The standard InChI is InChI=1S/C7H16O4/c1-6(2,10-4)5-7(3,8)11-9/h8-9H,5H2,1-4H3. The van der Waals surface area contributed by atoms with Crippen LogP contribution in [0.4, 0.5) is 0 Å². The highest BCUT2D eigenvalue weighted by Crippen LogP contribution is 2.22. The van der Waals surface area contributed by atoms with Crippen LogP contribution in [0.2, 0.25) is 0 Å². The number of methoxy groups -OCH3 is 1. The van der Waals surface area contributed by atoms with Crippen molar-refractivity contribution in [3.8, 4) is 0 Å². The summed E-state index contributed by atoms with van der Waals surface area (Å²) in [6.45, 7) is 4.95. The molecule has 0 aromatic heterocycles. The highest BCUT2D eigenvalue weighted by Gasteiger charge is 2.31. The summed E-state index contributed by atoms with van der Waals surface area (Å²) < 4.78 is 5.02. The number of aliphatic hydroxyl groups is 1. The van der Waals surface area contributed by atoms with Crippen molar-refractivity contribution in [1.29, 1.82) is 0 Å². The van der Waals surface area contributed by atoms with E-state index in [-0.39, 0.29) is 6.42 Å². The van der Waals surface area contributed by atoms with Gasteiger partial charge in [-0.15, -0.1) is 0 Å². The Kier molecular flexibility index (Phi) is 3.44. The number of rotatable bonds is 4. The first-order chi connectivity index (χ1) is 4.83. The molecule has 0 aromatic rings. The Balaban J connectivity index is 4.02. The van der Waals surface area contributed by atoms with E-state index in [4.69, 9.17) is 9.99 Å². The molecule has 0 fully saturated rings. The second kappa shape index (κ2) is 3.49. The fourth-order valence-corrected chi connectivity index (χ4v) is 0.894. The zero-order valence-electron chi connectivity index (χ0n) is 7.42. The first kappa shape index (κ1) is 10.8. The smallest absolute Gasteiger partial charge is 0.198 e. The monoisotopic (exact) mass is 164 g/mol. The molecule has 0 amide bonds. The molecule has 68 valence electrons. The van der Waals surface area contributed by atoms with Crippen molar-refractivity contribution in [1.82, 2.24) is 0 Å². The van der Waals surface area contributed by atoms with Crippen molar-refractivity contribution < 1.29 is 20.0 Å². The van der Waals surface area contributed by atoms with Crippen molar-refractivity contribution >= 4 is 0 Å². The maximum Gasteiger partial charge on any atom is 0.198 e. The lowest BCUT2D eigenvalue weighted by Crippen LogP contribution is -2.38. The van der Waals surface area contributed by atoms with E-state index in [9.17, 15) is 5.11 Å². The van der Waals surface area contributed by atoms with Crippen molar-refractivity contribution in [2.75, 3.05) is 7.11 Å². The van der Waals surface area contributed by atoms with E-state index in [1.54, 1.807) is 13.8 Å². The van der Waals surface area contributed by atoms with Crippen LogP contribution in [-0.4, -0.2) is 28.9 Å². The molecule has 0 saturated heterocycles. The van der Waals surface area contributed by atoms with Crippen LogP contribution in [0.5, 0.6) is 0 Å². The summed E-state index contributed by atoms with van der Waals surface area (Å²) in [4.78, 5) is 3.85. The molecule has 0 rings (SSSR count). The van der Waals surface area contributed by atoms with Crippen LogP contribution in [0, 0.1) is 0 Å². The lowest BCUT2D eigenvalue weighted by atomic mass is 9.99. The third-order valence-electron chi connectivity index (χ3n) is 1.50. The summed E-state index contributed by atoms with van der Waals surface area (Å²) in [6.07, 6.45) is 0.201. The highest BCUT2D eigenvalue weighted by atomic mass is 17.1. The molecule has 0 heterocycles. The third-order valence-corrected chi connectivity index (χ3v) is 1.50. The van der Waals surface area contributed by atoms with Crippen molar-refractivity contribution in [2.45, 2.75) is 38.6 Å². The van der Waals surface area contributed by atoms with Gasteiger partial charge >= 0.3 is 0 Å². The van der Waals surface area contributed by atoms with Crippen LogP contribution in [0.1, 0.15) is 27.2 Å². The van der Waals surface area contributed by atoms with Gasteiger partial charge in [0, 0.05) is 13.5 Å². The Morgan fingerprint density at radius 3 is 2.00 bits per heavy atom. The van der Waals surface area contributed by atoms with Gasteiger partial charge < -0.3 is 9.84 Å². The van der Waals surface area contributed by atoms with Gasteiger partial charge in [-0.05, 0) is 20.8 Å². The topological polar surface area (TPSA) is 58.9 Å². The van der Waals surface area contributed by atoms with E-state index in [0.717, 1.165) is 0 Å². The Bertz CT molecular complexity index is 106. The maximum absolute atomic E-state index is 9.24. The molecule has 11 heavy (non-hydrogen) atoms.